The molecule has 0 N–H and O–H groups in total. The van der Waals surface area contributed by atoms with Crippen LogP contribution in [-0.2, 0) is 16.0 Å². The number of rotatable bonds is 3. The van der Waals surface area contributed by atoms with Crippen LogP contribution in [0.2, 0.25) is 0 Å². The summed E-state index contributed by atoms with van der Waals surface area (Å²) in [5.41, 5.74) is 2.26. The Kier molecular flexibility index (Phi) is 3.78. The Labute approximate surface area is 127 Å². The van der Waals surface area contributed by atoms with E-state index in [4.69, 9.17) is 4.74 Å². The van der Waals surface area contributed by atoms with Crippen LogP contribution in [-0.4, -0.2) is 42.7 Å². The summed E-state index contributed by atoms with van der Waals surface area (Å²) in [4.78, 5) is 12.1. The van der Waals surface area contributed by atoms with E-state index in [9.17, 15) is 4.79 Å². The highest BCUT2D eigenvalue weighted by Crippen LogP contribution is 2.40. The van der Waals surface area contributed by atoms with Crippen LogP contribution in [0.5, 0.6) is 0 Å². The zero-order valence-electron chi connectivity index (χ0n) is 13.3. The van der Waals surface area contributed by atoms with Gasteiger partial charge in [0.25, 0.3) is 0 Å². The maximum absolute atomic E-state index is 12.1. The minimum Gasteiger partial charge on any atom is -0.462 e. The van der Waals surface area contributed by atoms with Gasteiger partial charge >= 0.3 is 5.97 Å². The fourth-order valence-electron chi connectivity index (χ4n) is 4.03. The van der Waals surface area contributed by atoms with E-state index in [0.29, 0.717) is 18.5 Å². The lowest BCUT2D eigenvalue weighted by Crippen LogP contribution is -2.56. The number of quaternary nitrogens is 1. The molecule has 2 heterocycles. The van der Waals surface area contributed by atoms with E-state index in [1.165, 1.54) is 18.4 Å². The van der Waals surface area contributed by atoms with E-state index >= 15 is 0 Å². The molecule has 0 amide bonds. The van der Waals surface area contributed by atoms with Crippen molar-refractivity contribution >= 4 is 5.97 Å². The Hall–Kier alpha value is -1.35. The van der Waals surface area contributed by atoms with E-state index in [1.807, 2.05) is 24.3 Å². The molecule has 3 rings (SSSR count). The molecule has 0 aromatic heterocycles. The summed E-state index contributed by atoms with van der Waals surface area (Å²) >= 11 is 0. The Bertz CT molecular complexity index is 505. The van der Waals surface area contributed by atoms with Crippen LogP contribution >= 0.6 is 0 Å². The van der Waals surface area contributed by atoms with Crippen LogP contribution in [0, 0.1) is 6.92 Å². The summed E-state index contributed by atoms with van der Waals surface area (Å²) in [5, 5.41) is 0. The van der Waals surface area contributed by atoms with E-state index < -0.39 is 0 Å². The number of carbonyl (C=O) groups excluding carboxylic acids is 1. The lowest BCUT2D eigenvalue weighted by Gasteiger charge is -2.43. The lowest BCUT2D eigenvalue weighted by atomic mass is 9.98. The van der Waals surface area contributed by atoms with Crippen molar-refractivity contribution < 1.29 is 14.0 Å². The molecular weight excluding hydrogens is 262 g/mol. The first-order chi connectivity index (χ1) is 9.95. The van der Waals surface area contributed by atoms with Gasteiger partial charge in [0.15, 0.2) is 0 Å². The highest BCUT2D eigenvalue weighted by molar-refractivity contribution is 5.72. The highest BCUT2D eigenvalue weighted by Gasteiger charge is 2.49. The summed E-state index contributed by atoms with van der Waals surface area (Å²) in [6.45, 7) is 2.06. The van der Waals surface area contributed by atoms with Crippen molar-refractivity contribution in [1.29, 1.82) is 0 Å². The quantitative estimate of drug-likeness (QED) is 0.631. The summed E-state index contributed by atoms with van der Waals surface area (Å²) in [7, 11) is 4.65. The number of hydrogen-bond acceptors (Lipinski definition) is 2. The second-order valence-corrected chi connectivity index (χ2v) is 7.26. The molecule has 2 unspecified atom stereocenters. The van der Waals surface area contributed by atoms with Crippen molar-refractivity contribution in [1.82, 2.24) is 0 Å². The smallest absolute Gasteiger partial charge is 0.310 e. The van der Waals surface area contributed by atoms with Gasteiger partial charge < -0.3 is 9.22 Å². The largest absolute Gasteiger partial charge is 0.462 e. The number of ether oxygens (including phenoxy) is 1. The van der Waals surface area contributed by atoms with Crippen LogP contribution in [0.1, 0.15) is 36.8 Å². The van der Waals surface area contributed by atoms with Gasteiger partial charge in [0.1, 0.15) is 6.10 Å². The molecule has 2 fully saturated rings. The van der Waals surface area contributed by atoms with Gasteiger partial charge in [-0.05, 0) is 12.5 Å². The average Bonchev–Trinajstić information content (AvgIpc) is 2.62. The van der Waals surface area contributed by atoms with E-state index in [0.717, 1.165) is 22.9 Å². The molecule has 114 valence electrons. The first-order valence-electron chi connectivity index (χ1n) is 8.03. The predicted molar refractivity (Wildman–Crippen MR) is 82.9 cm³/mol. The van der Waals surface area contributed by atoms with Gasteiger partial charge in [-0.15, -0.1) is 0 Å². The Morgan fingerprint density at radius 1 is 1.14 bits per heavy atom. The number of piperidine rings is 1. The Balaban J connectivity index is 1.56. The molecular formula is C18H26NO2+. The molecule has 0 saturated carbocycles. The zero-order chi connectivity index (χ0) is 15.0. The molecule has 3 heteroatoms. The van der Waals surface area contributed by atoms with Crippen molar-refractivity contribution in [2.75, 3.05) is 14.1 Å². The molecule has 3 nitrogen and oxygen atoms in total. The van der Waals surface area contributed by atoms with Crippen molar-refractivity contribution in [3.63, 3.8) is 0 Å². The second kappa shape index (κ2) is 5.45. The van der Waals surface area contributed by atoms with Gasteiger partial charge in [0.2, 0.25) is 0 Å². The zero-order valence-corrected chi connectivity index (χ0v) is 13.3. The normalized spacial score (nSPS) is 30.1. The molecule has 2 bridgehead atoms. The molecule has 2 aliphatic rings. The third-order valence-electron chi connectivity index (χ3n) is 5.55. The van der Waals surface area contributed by atoms with Crippen LogP contribution in [0.3, 0.4) is 0 Å². The van der Waals surface area contributed by atoms with Gasteiger partial charge in [-0.25, -0.2) is 0 Å². The van der Waals surface area contributed by atoms with Gasteiger partial charge in [0, 0.05) is 25.7 Å². The van der Waals surface area contributed by atoms with Crippen molar-refractivity contribution in [3.05, 3.63) is 35.4 Å². The van der Waals surface area contributed by atoms with Crippen molar-refractivity contribution in [2.24, 2.45) is 0 Å². The topological polar surface area (TPSA) is 26.3 Å². The summed E-state index contributed by atoms with van der Waals surface area (Å²) < 4.78 is 6.87. The molecule has 1 aromatic carbocycles. The third kappa shape index (κ3) is 2.98. The first kappa shape index (κ1) is 14.6. The molecule has 2 saturated heterocycles. The molecule has 0 radical (unpaired) electrons. The minimum atomic E-state index is -0.0736. The molecule has 21 heavy (non-hydrogen) atoms. The maximum atomic E-state index is 12.1. The average molecular weight is 288 g/mol. The van der Waals surface area contributed by atoms with Crippen molar-refractivity contribution in [3.8, 4) is 0 Å². The number of esters is 1. The first-order valence-corrected chi connectivity index (χ1v) is 8.03. The number of aryl methyl sites for hydroxylation is 1. The molecule has 2 atom stereocenters. The van der Waals surface area contributed by atoms with E-state index in [-0.39, 0.29) is 12.1 Å². The standard InChI is InChI=1S/C18H26NO2/c1-13-4-6-14(7-5-13)10-18(20)21-17-11-15-8-9-16(12-17)19(15,2)3/h4-7,15-17H,8-12H2,1-3H3/q+1. The third-order valence-corrected chi connectivity index (χ3v) is 5.55. The van der Waals surface area contributed by atoms with Gasteiger partial charge in [-0.1, -0.05) is 29.8 Å². The lowest BCUT2D eigenvalue weighted by molar-refractivity contribution is -0.931. The van der Waals surface area contributed by atoms with Crippen molar-refractivity contribution in [2.45, 2.75) is 57.2 Å². The van der Waals surface area contributed by atoms with E-state index in [1.54, 1.807) is 0 Å². The molecule has 2 aliphatic heterocycles. The van der Waals surface area contributed by atoms with Gasteiger partial charge in [-0.3, -0.25) is 4.79 Å². The fourth-order valence-corrected chi connectivity index (χ4v) is 4.03. The number of carbonyl (C=O) groups is 1. The van der Waals surface area contributed by atoms with Gasteiger partial charge in [-0.2, -0.15) is 0 Å². The maximum Gasteiger partial charge on any atom is 0.310 e. The minimum absolute atomic E-state index is 0.0736. The number of hydrogen-bond donors (Lipinski definition) is 0. The molecule has 0 aliphatic carbocycles. The SMILES string of the molecule is Cc1ccc(CC(=O)OC2CC3CCC(C2)[N+]3(C)C)cc1. The predicted octanol–water partition coefficient (Wildman–Crippen LogP) is 2.85. The summed E-state index contributed by atoms with van der Waals surface area (Å²) in [6, 6.07) is 9.46. The molecule has 0 spiro atoms. The number of nitrogens with zero attached hydrogens (tertiary/aromatic N) is 1. The number of fused-ring (bicyclic) bond motifs is 2. The van der Waals surface area contributed by atoms with Crippen LogP contribution in [0.25, 0.3) is 0 Å². The van der Waals surface area contributed by atoms with Crippen LogP contribution in [0.4, 0.5) is 0 Å². The summed E-state index contributed by atoms with van der Waals surface area (Å²) in [6.07, 6.45) is 5.15. The van der Waals surface area contributed by atoms with Crippen LogP contribution in [0.15, 0.2) is 24.3 Å². The highest BCUT2D eigenvalue weighted by atomic mass is 16.5. The Morgan fingerprint density at radius 3 is 2.29 bits per heavy atom. The fraction of sp³-hybridized carbons (Fsp3) is 0.611. The van der Waals surface area contributed by atoms with Crippen LogP contribution < -0.4 is 0 Å². The number of benzene rings is 1. The monoisotopic (exact) mass is 288 g/mol. The Morgan fingerprint density at radius 2 is 1.71 bits per heavy atom. The summed E-state index contributed by atoms with van der Waals surface area (Å²) in [5.74, 6) is -0.0736. The van der Waals surface area contributed by atoms with Gasteiger partial charge in [0.05, 0.1) is 32.6 Å². The van der Waals surface area contributed by atoms with E-state index in [2.05, 4.69) is 21.0 Å². The second-order valence-electron chi connectivity index (χ2n) is 7.26. The molecule has 1 aromatic rings.